The van der Waals surface area contributed by atoms with Crippen molar-refractivity contribution in [2.24, 2.45) is 5.92 Å². The molecule has 1 saturated carbocycles. The Labute approximate surface area is 184 Å². The van der Waals surface area contributed by atoms with Crippen molar-refractivity contribution in [3.63, 3.8) is 0 Å². The van der Waals surface area contributed by atoms with E-state index in [1.165, 1.54) is 6.07 Å². The summed E-state index contributed by atoms with van der Waals surface area (Å²) in [7, 11) is -1.27. The molecule has 1 aliphatic heterocycles. The summed E-state index contributed by atoms with van der Waals surface area (Å²) in [5, 5.41) is 29.5. The van der Waals surface area contributed by atoms with Gasteiger partial charge in [0.05, 0.1) is 11.5 Å². The maximum absolute atomic E-state index is 12.6. The van der Waals surface area contributed by atoms with E-state index < -0.39 is 19.0 Å². The highest BCUT2D eigenvalue weighted by molar-refractivity contribution is 6.47. The first-order valence-electron chi connectivity index (χ1n) is 11.3. The van der Waals surface area contributed by atoms with Gasteiger partial charge in [-0.05, 0) is 49.7 Å². The van der Waals surface area contributed by atoms with Crippen LogP contribution >= 0.6 is 0 Å². The predicted molar refractivity (Wildman–Crippen MR) is 119 cm³/mol. The topological polar surface area (TPSA) is 120 Å². The first-order chi connectivity index (χ1) is 14.8. The Morgan fingerprint density at radius 1 is 1.19 bits per heavy atom. The van der Waals surface area contributed by atoms with E-state index in [0.717, 1.165) is 38.8 Å². The van der Waals surface area contributed by atoms with Crippen LogP contribution in [-0.2, 0) is 11.2 Å². The van der Waals surface area contributed by atoms with E-state index in [4.69, 9.17) is 4.65 Å². The summed E-state index contributed by atoms with van der Waals surface area (Å²) >= 11 is 0. The third-order valence-electron chi connectivity index (χ3n) is 6.13. The van der Waals surface area contributed by atoms with Crippen LogP contribution in [0, 0.1) is 5.92 Å². The first kappa shape index (κ1) is 23.6. The number of amides is 1. The number of carbonyl (C=O) groups is 2. The molecule has 0 radical (unpaired) electrons. The van der Waals surface area contributed by atoms with Crippen molar-refractivity contribution in [2.45, 2.75) is 70.4 Å². The summed E-state index contributed by atoms with van der Waals surface area (Å²) in [6.07, 6.45) is 4.94. The van der Waals surface area contributed by atoms with Crippen LogP contribution in [0.4, 0.5) is 0 Å². The summed E-state index contributed by atoms with van der Waals surface area (Å²) in [6.45, 7) is 6.20. The molecule has 0 bridgehead atoms. The smallest absolute Gasteiger partial charge is 0.534 e. The van der Waals surface area contributed by atoms with E-state index in [0.29, 0.717) is 36.4 Å². The van der Waals surface area contributed by atoms with Crippen LogP contribution in [-0.4, -0.2) is 60.2 Å². The Kier molecular flexibility index (Phi) is 8.34. The number of hydrogen-bond acceptors (Lipinski definition) is 6. The summed E-state index contributed by atoms with van der Waals surface area (Å²) < 4.78 is 5.45. The van der Waals surface area contributed by atoms with Gasteiger partial charge in [0.2, 0.25) is 5.91 Å². The lowest BCUT2D eigenvalue weighted by atomic mass is 9.72. The Bertz CT molecular complexity index is 768. The molecule has 1 aromatic rings. The average Bonchev–Trinajstić information content (AvgIpc) is 2.72. The van der Waals surface area contributed by atoms with Crippen molar-refractivity contribution >= 4 is 19.0 Å². The second-order valence-corrected chi connectivity index (χ2v) is 8.97. The molecular formula is C22H34BN3O5. The third-order valence-corrected chi connectivity index (χ3v) is 6.13. The number of rotatable bonds is 9. The zero-order chi connectivity index (χ0) is 22.4. The molecule has 1 unspecified atom stereocenters. The minimum absolute atomic E-state index is 0.0201. The number of nitrogens with one attached hydrogen (secondary N) is 3. The standard InChI is InChI=1S/C22H34BN3O5/c1-14(2)24-10-11-25-17-8-6-15(7-9-17)12-20(27)26-19-13-16-4-3-5-18(22(28)29)21(16)31-23(19)30/h3-5,14-15,17,19,24-25,30H,6-13H2,1-2H3,(H,26,27)(H,28,29). The van der Waals surface area contributed by atoms with Crippen LogP contribution in [0.5, 0.6) is 5.75 Å². The van der Waals surface area contributed by atoms with E-state index in [1.807, 2.05) is 0 Å². The Morgan fingerprint density at radius 3 is 2.61 bits per heavy atom. The fourth-order valence-corrected chi connectivity index (χ4v) is 4.45. The number of hydrogen-bond donors (Lipinski definition) is 5. The molecule has 3 rings (SSSR count). The molecule has 170 valence electrons. The minimum Gasteiger partial charge on any atom is -0.534 e. The van der Waals surface area contributed by atoms with Crippen LogP contribution in [0.25, 0.3) is 0 Å². The second kappa shape index (κ2) is 11.0. The van der Waals surface area contributed by atoms with Crippen molar-refractivity contribution in [1.29, 1.82) is 0 Å². The highest BCUT2D eigenvalue weighted by Crippen LogP contribution is 2.31. The molecule has 0 saturated heterocycles. The zero-order valence-corrected chi connectivity index (χ0v) is 18.4. The van der Waals surface area contributed by atoms with Gasteiger partial charge in [0.1, 0.15) is 5.75 Å². The first-order valence-corrected chi connectivity index (χ1v) is 11.3. The van der Waals surface area contributed by atoms with Crippen LogP contribution in [0.3, 0.4) is 0 Å². The minimum atomic E-state index is -1.27. The van der Waals surface area contributed by atoms with E-state index in [-0.39, 0.29) is 17.2 Å². The number of carboxylic acids is 1. The van der Waals surface area contributed by atoms with Crippen molar-refractivity contribution in [3.05, 3.63) is 29.3 Å². The molecule has 8 nitrogen and oxygen atoms in total. The van der Waals surface area contributed by atoms with E-state index >= 15 is 0 Å². The molecular weight excluding hydrogens is 397 g/mol. The van der Waals surface area contributed by atoms with Crippen LogP contribution in [0.15, 0.2) is 18.2 Å². The molecule has 2 aliphatic rings. The maximum Gasteiger partial charge on any atom is 0.547 e. The van der Waals surface area contributed by atoms with Crippen molar-refractivity contribution in [1.82, 2.24) is 16.0 Å². The quantitative estimate of drug-likeness (QED) is 0.296. The molecule has 31 heavy (non-hydrogen) atoms. The summed E-state index contributed by atoms with van der Waals surface area (Å²) in [6, 6.07) is 5.86. The molecule has 1 heterocycles. The fraction of sp³-hybridized carbons (Fsp3) is 0.636. The number of benzene rings is 1. The summed E-state index contributed by atoms with van der Waals surface area (Å²) in [5.41, 5.74) is 0.695. The molecule has 1 fully saturated rings. The van der Waals surface area contributed by atoms with E-state index in [9.17, 15) is 19.7 Å². The Balaban J connectivity index is 1.42. The average molecular weight is 431 g/mol. The van der Waals surface area contributed by atoms with Gasteiger partial charge in [0.15, 0.2) is 0 Å². The second-order valence-electron chi connectivity index (χ2n) is 8.97. The zero-order valence-electron chi connectivity index (χ0n) is 18.4. The molecule has 9 heteroatoms. The molecule has 1 aromatic carbocycles. The SMILES string of the molecule is CC(C)NCCNC1CCC(CC(=O)NC2Cc3cccc(C(=O)O)c3OB2O)CC1. The van der Waals surface area contributed by atoms with Gasteiger partial charge in [-0.25, -0.2) is 4.79 Å². The lowest BCUT2D eigenvalue weighted by Gasteiger charge is -2.31. The van der Waals surface area contributed by atoms with Gasteiger partial charge in [-0.1, -0.05) is 26.0 Å². The third kappa shape index (κ3) is 6.69. The van der Waals surface area contributed by atoms with Gasteiger partial charge >= 0.3 is 13.1 Å². The summed E-state index contributed by atoms with van der Waals surface area (Å²) in [4.78, 5) is 23.9. The Hall–Kier alpha value is -2.10. The van der Waals surface area contributed by atoms with Crippen LogP contribution in [0.1, 0.15) is 61.9 Å². The van der Waals surface area contributed by atoms with Gasteiger partial charge in [0.25, 0.3) is 0 Å². The van der Waals surface area contributed by atoms with Gasteiger partial charge in [-0.2, -0.15) is 0 Å². The molecule has 1 amide bonds. The number of carbonyl (C=O) groups excluding carboxylic acids is 1. The van der Waals surface area contributed by atoms with Crippen molar-refractivity contribution < 1.29 is 24.4 Å². The largest absolute Gasteiger partial charge is 0.547 e. The molecule has 1 aliphatic carbocycles. The lowest BCUT2D eigenvalue weighted by molar-refractivity contribution is -0.122. The molecule has 0 aromatic heterocycles. The van der Waals surface area contributed by atoms with Crippen LogP contribution < -0.4 is 20.6 Å². The van der Waals surface area contributed by atoms with Gasteiger partial charge < -0.3 is 30.7 Å². The highest BCUT2D eigenvalue weighted by atomic mass is 16.5. The van der Waals surface area contributed by atoms with Gasteiger partial charge in [-0.15, -0.1) is 0 Å². The van der Waals surface area contributed by atoms with Crippen LogP contribution in [0.2, 0.25) is 0 Å². The molecule has 5 N–H and O–H groups in total. The molecule has 0 spiro atoms. The van der Waals surface area contributed by atoms with E-state index in [2.05, 4.69) is 29.8 Å². The maximum atomic E-state index is 12.6. The number of aromatic carboxylic acids is 1. The number of para-hydroxylation sites is 1. The normalized spacial score (nSPS) is 23.2. The van der Waals surface area contributed by atoms with Gasteiger partial charge in [-0.3, -0.25) is 4.79 Å². The van der Waals surface area contributed by atoms with E-state index in [1.54, 1.807) is 12.1 Å². The lowest BCUT2D eigenvalue weighted by Crippen LogP contribution is -2.53. The summed E-state index contributed by atoms with van der Waals surface area (Å²) in [5.74, 6) is -1.26. The highest BCUT2D eigenvalue weighted by Gasteiger charge is 2.38. The number of carboxylic acid groups (broad SMARTS) is 1. The fourth-order valence-electron chi connectivity index (χ4n) is 4.45. The Morgan fingerprint density at radius 2 is 1.94 bits per heavy atom. The van der Waals surface area contributed by atoms with Crippen molar-refractivity contribution in [2.75, 3.05) is 13.1 Å². The monoisotopic (exact) mass is 431 g/mol. The van der Waals surface area contributed by atoms with Gasteiger partial charge in [0, 0.05) is 31.6 Å². The molecule has 1 atom stereocenters. The predicted octanol–water partition coefficient (Wildman–Crippen LogP) is 1.36. The van der Waals surface area contributed by atoms with Crippen molar-refractivity contribution in [3.8, 4) is 5.75 Å². The number of fused-ring (bicyclic) bond motifs is 1.